The smallest absolute Gasteiger partial charge is 0.251 e. The topological polar surface area (TPSA) is 32.3 Å². The van der Waals surface area contributed by atoms with E-state index in [9.17, 15) is 4.79 Å². The first kappa shape index (κ1) is 17.8. The van der Waals surface area contributed by atoms with Crippen molar-refractivity contribution in [2.75, 3.05) is 18.0 Å². The number of piperidine rings is 1. The number of nitrogens with one attached hydrogen (secondary N) is 1. The summed E-state index contributed by atoms with van der Waals surface area (Å²) in [5.41, 5.74) is 3.00. The molecule has 3 nitrogen and oxygen atoms in total. The highest BCUT2D eigenvalue weighted by Crippen LogP contribution is 2.24. The minimum absolute atomic E-state index is 0.0430. The molecule has 4 heteroatoms. The Bertz CT molecular complexity index is 704. The highest BCUT2D eigenvalue weighted by atomic mass is 35.5. The van der Waals surface area contributed by atoms with Gasteiger partial charge in [0.05, 0.1) is 6.04 Å². The third-order valence-electron chi connectivity index (χ3n) is 5.00. The molecule has 1 amide bonds. The van der Waals surface area contributed by atoms with E-state index in [1.54, 1.807) is 24.3 Å². The van der Waals surface area contributed by atoms with Gasteiger partial charge in [0.1, 0.15) is 0 Å². The van der Waals surface area contributed by atoms with Gasteiger partial charge >= 0.3 is 0 Å². The lowest BCUT2D eigenvalue weighted by molar-refractivity contribution is 0.0940. The number of carbonyl (C=O) groups is 1. The van der Waals surface area contributed by atoms with Crippen molar-refractivity contribution in [1.82, 2.24) is 5.32 Å². The third kappa shape index (κ3) is 4.55. The maximum absolute atomic E-state index is 12.3. The molecule has 0 radical (unpaired) electrons. The van der Waals surface area contributed by atoms with E-state index in [1.165, 1.54) is 18.5 Å². The number of rotatable bonds is 4. The van der Waals surface area contributed by atoms with Crippen LogP contribution in [0.5, 0.6) is 0 Å². The van der Waals surface area contributed by atoms with Crippen molar-refractivity contribution in [3.63, 3.8) is 0 Å². The normalized spacial score (nSPS) is 16.5. The summed E-state index contributed by atoms with van der Waals surface area (Å²) in [5.74, 6) is 0.747. The van der Waals surface area contributed by atoms with Gasteiger partial charge in [-0.1, -0.05) is 30.7 Å². The van der Waals surface area contributed by atoms with Gasteiger partial charge in [-0.25, -0.2) is 0 Å². The number of amides is 1. The van der Waals surface area contributed by atoms with Gasteiger partial charge in [0.15, 0.2) is 0 Å². The average molecular weight is 357 g/mol. The van der Waals surface area contributed by atoms with Gasteiger partial charge in [0.25, 0.3) is 5.91 Å². The van der Waals surface area contributed by atoms with E-state index >= 15 is 0 Å². The molecule has 1 atom stereocenters. The van der Waals surface area contributed by atoms with Crippen LogP contribution in [-0.4, -0.2) is 19.0 Å². The van der Waals surface area contributed by atoms with Crippen LogP contribution in [0.1, 0.15) is 48.7 Å². The standard InChI is InChI=1S/C21H25ClN2O/c1-15-11-13-24(14-12-15)20-9-5-17(6-10-20)16(2)23-21(25)18-3-7-19(22)8-4-18/h3-10,15-16H,11-14H2,1-2H3,(H,23,25)/t16-/m0/s1. The van der Waals surface area contributed by atoms with Gasteiger partial charge in [-0.3, -0.25) is 4.79 Å². The second-order valence-corrected chi connectivity index (χ2v) is 7.40. The van der Waals surface area contributed by atoms with E-state index in [0.717, 1.165) is 24.6 Å². The number of carbonyl (C=O) groups excluding carboxylic acids is 1. The summed E-state index contributed by atoms with van der Waals surface area (Å²) in [6.07, 6.45) is 2.52. The Labute approximate surface area is 155 Å². The summed E-state index contributed by atoms with van der Waals surface area (Å²) >= 11 is 5.87. The molecule has 0 bridgehead atoms. The Morgan fingerprint density at radius 3 is 2.28 bits per heavy atom. The lowest BCUT2D eigenvalue weighted by Gasteiger charge is -2.32. The summed E-state index contributed by atoms with van der Waals surface area (Å²) in [4.78, 5) is 14.8. The molecule has 1 fully saturated rings. The maximum Gasteiger partial charge on any atom is 0.251 e. The fraction of sp³-hybridized carbons (Fsp3) is 0.381. The SMILES string of the molecule is CC1CCN(c2ccc([C@H](C)NC(=O)c3ccc(Cl)cc3)cc2)CC1. The second-order valence-electron chi connectivity index (χ2n) is 6.96. The second kappa shape index (κ2) is 7.92. The Kier molecular flexibility index (Phi) is 5.64. The number of hydrogen-bond donors (Lipinski definition) is 1. The zero-order valence-corrected chi connectivity index (χ0v) is 15.6. The number of halogens is 1. The van der Waals surface area contributed by atoms with Crippen molar-refractivity contribution in [3.8, 4) is 0 Å². The van der Waals surface area contributed by atoms with Gasteiger partial charge in [-0.2, -0.15) is 0 Å². The predicted octanol–water partition coefficient (Wildman–Crippen LogP) is 5.07. The first-order valence-corrected chi connectivity index (χ1v) is 9.32. The molecule has 0 spiro atoms. The van der Waals surface area contributed by atoms with Crippen molar-refractivity contribution in [2.24, 2.45) is 5.92 Å². The fourth-order valence-corrected chi connectivity index (χ4v) is 3.33. The molecule has 1 N–H and O–H groups in total. The summed E-state index contributed by atoms with van der Waals surface area (Å²) in [7, 11) is 0. The van der Waals surface area contributed by atoms with Gasteiger partial charge in [-0.05, 0) is 67.6 Å². The first-order valence-electron chi connectivity index (χ1n) is 8.94. The molecule has 25 heavy (non-hydrogen) atoms. The fourth-order valence-electron chi connectivity index (χ4n) is 3.21. The van der Waals surface area contributed by atoms with Crippen LogP contribution in [0.4, 0.5) is 5.69 Å². The van der Waals surface area contributed by atoms with Crippen LogP contribution in [-0.2, 0) is 0 Å². The van der Waals surface area contributed by atoms with Gasteiger partial charge in [-0.15, -0.1) is 0 Å². The van der Waals surface area contributed by atoms with Crippen LogP contribution in [0.2, 0.25) is 5.02 Å². The average Bonchev–Trinajstić information content (AvgIpc) is 2.63. The minimum Gasteiger partial charge on any atom is -0.372 e. The molecule has 1 heterocycles. The zero-order chi connectivity index (χ0) is 17.8. The summed E-state index contributed by atoms with van der Waals surface area (Å²) in [5, 5.41) is 3.67. The van der Waals surface area contributed by atoms with Gasteiger partial charge in [0, 0.05) is 29.4 Å². The Morgan fingerprint density at radius 1 is 1.08 bits per heavy atom. The molecular weight excluding hydrogens is 332 g/mol. The van der Waals surface area contributed by atoms with Crippen LogP contribution in [0.3, 0.4) is 0 Å². The van der Waals surface area contributed by atoms with Crippen molar-refractivity contribution in [3.05, 3.63) is 64.7 Å². The molecule has 0 aromatic heterocycles. The van der Waals surface area contributed by atoms with E-state index in [1.807, 2.05) is 6.92 Å². The highest BCUT2D eigenvalue weighted by Gasteiger charge is 2.17. The lowest BCUT2D eigenvalue weighted by atomic mass is 9.98. The Hall–Kier alpha value is -2.00. The Morgan fingerprint density at radius 2 is 1.68 bits per heavy atom. The lowest BCUT2D eigenvalue weighted by Crippen LogP contribution is -2.32. The molecule has 132 valence electrons. The molecule has 0 aliphatic carbocycles. The molecule has 2 aromatic carbocycles. The van der Waals surface area contributed by atoms with Crippen molar-refractivity contribution in [1.29, 1.82) is 0 Å². The van der Waals surface area contributed by atoms with E-state index in [4.69, 9.17) is 11.6 Å². The quantitative estimate of drug-likeness (QED) is 0.829. The first-order chi connectivity index (χ1) is 12.0. The molecule has 1 aliphatic heterocycles. The summed E-state index contributed by atoms with van der Waals surface area (Å²) in [6.45, 7) is 6.59. The van der Waals surface area contributed by atoms with E-state index in [0.29, 0.717) is 10.6 Å². The van der Waals surface area contributed by atoms with E-state index in [2.05, 4.69) is 41.4 Å². The van der Waals surface area contributed by atoms with Crippen LogP contribution < -0.4 is 10.2 Å². The zero-order valence-electron chi connectivity index (χ0n) is 14.8. The highest BCUT2D eigenvalue weighted by molar-refractivity contribution is 6.30. The monoisotopic (exact) mass is 356 g/mol. The van der Waals surface area contributed by atoms with Gasteiger partial charge in [0.2, 0.25) is 0 Å². The van der Waals surface area contributed by atoms with Crippen LogP contribution in [0.25, 0.3) is 0 Å². The maximum atomic E-state index is 12.3. The summed E-state index contributed by atoms with van der Waals surface area (Å²) in [6, 6.07) is 15.5. The van der Waals surface area contributed by atoms with Crippen molar-refractivity contribution >= 4 is 23.2 Å². The number of nitrogens with zero attached hydrogens (tertiary/aromatic N) is 1. The van der Waals surface area contributed by atoms with Gasteiger partial charge < -0.3 is 10.2 Å². The van der Waals surface area contributed by atoms with Crippen LogP contribution >= 0.6 is 11.6 Å². The number of anilines is 1. The molecular formula is C21H25ClN2O. The molecule has 0 unspecified atom stereocenters. The molecule has 1 saturated heterocycles. The number of benzene rings is 2. The summed E-state index contributed by atoms with van der Waals surface area (Å²) < 4.78 is 0. The Balaban J connectivity index is 1.61. The van der Waals surface area contributed by atoms with E-state index in [-0.39, 0.29) is 11.9 Å². The van der Waals surface area contributed by atoms with Crippen molar-refractivity contribution < 1.29 is 4.79 Å². The number of hydrogen-bond acceptors (Lipinski definition) is 2. The van der Waals surface area contributed by atoms with Crippen molar-refractivity contribution in [2.45, 2.75) is 32.7 Å². The molecule has 2 aromatic rings. The molecule has 0 saturated carbocycles. The van der Waals surface area contributed by atoms with Crippen LogP contribution in [0.15, 0.2) is 48.5 Å². The molecule has 1 aliphatic rings. The van der Waals surface area contributed by atoms with E-state index < -0.39 is 0 Å². The molecule has 3 rings (SSSR count). The van der Waals surface area contributed by atoms with Crippen LogP contribution in [0, 0.1) is 5.92 Å². The largest absolute Gasteiger partial charge is 0.372 e. The predicted molar refractivity (Wildman–Crippen MR) is 104 cm³/mol. The minimum atomic E-state index is -0.0849. The third-order valence-corrected chi connectivity index (χ3v) is 5.25.